The second-order valence-corrected chi connectivity index (χ2v) is 9.63. The van der Waals surface area contributed by atoms with Crippen molar-refractivity contribution in [2.75, 3.05) is 19.6 Å². The third-order valence-corrected chi connectivity index (χ3v) is 7.86. The summed E-state index contributed by atoms with van der Waals surface area (Å²) in [5.41, 5.74) is 1.14. The average molecular weight is 378 g/mol. The molecule has 0 spiro atoms. The van der Waals surface area contributed by atoms with Crippen molar-refractivity contribution in [2.45, 2.75) is 18.7 Å². The first-order valence-corrected chi connectivity index (χ1v) is 10.4. The van der Waals surface area contributed by atoms with Crippen LogP contribution < -0.4 is 0 Å². The molecule has 0 bridgehead atoms. The molecule has 9 heteroatoms. The fourth-order valence-corrected chi connectivity index (χ4v) is 6.27. The van der Waals surface area contributed by atoms with Gasteiger partial charge in [0.1, 0.15) is 5.69 Å². The Labute approximate surface area is 150 Å². The van der Waals surface area contributed by atoms with Crippen LogP contribution in [0.25, 0.3) is 0 Å². The van der Waals surface area contributed by atoms with Crippen LogP contribution in [0, 0.1) is 12.8 Å². The van der Waals surface area contributed by atoms with Gasteiger partial charge in [-0.25, -0.2) is 13.4 Å². The number of hydrogen-bond donors (Lipinski definition) is 0. The van der Waals surface area contributed by atoms with Gasteiger partial charge in [0.25, 0.3) is 5.91 Å². The molecule has 7 nitrogen and oxygen atoms in total. The van der Waals surface area contributed by atoms with Crippen molar-refractivity contribution in [2.24, 2.45) is 5.92 Å². The first-order chi connectivity index (χ1) is 11.9. The summed E-state index contributed by atoms with van der Waals surface area (Å²) in [6.07, 6.45) is 1.57. The fraction of sp³-hybridized carbons (Fsp3) is 0.438. The molecule has 2 saturated heterocycles. The molecule has 2 aromatic heterocycles. The van der Waals surface area contributed by atoms with Crippen molar-refractivity contribution >= 4 is 27.3 Å². The van der Waals surface area contributed by atoms with E-state index in [4.69, 9.17) is 0 Å². The number of aromatic nitrogens is 2. The van der Waals surface area contributed by atoms with Gasteiger partial charge in [-0.3, -0.25) is 9.78 Å². The number of pyridine rings is 1. The number of hydrogen-bond acceptors (Lipinski definition) is 6. The van der Waals surface area contributed by atoms with Crippen LogP contribution in [0.3, 0.4) is 0 Å². The van der Waals surface area contributed by atoms with Gasteiger partial charge in [0.15, 0.2) is 0 Å². The predicted molar refractivity (Wildman–Crippen MR) is 93.6 cm³/mol. The quantitative estimate of drug-likeness (QED) is 0.800. The molecule has 25 heavy (non-hydrogen) atoms. The standard InChI is InChI=1S/C16H18N4O3S2/c1-11-18-13(10-24-11)8-20-7-12-6-19(9-15(12)25(20,22)23)16(21)14-4-2-3-5-17-14/h2-5,10,12,15H,6-9H2,1H3/t12-,15+/m0/s1. The van der Waals surface area contributed by atoms with Crippen LogP contribution in [0.15, 0.2) is 29.8 Å². The number of aryl methyl sites for hydroxylation is 1. The molecule has 2 aliphatic rings. The average Bonchev–Trinajstić information content (AvgIpc) is 3.26. The molecule has 0 unspecified atom stereocenters. The molecule has 2 aliphatic heterocycles. The summed E-state index contributed by atoms with van der Waals surface area (Å²) < 4.78 is 27.2. The lowest BCUT2D eigenvalue weighted by Crippen LogP contribution is -2.37. The Morgan fingerprint density at radius 2 is 2.16 bits per heavy atom. The van der Waals surface area contributed by atoms with Crippen molar-refractivity contribution < 1.29 is 13.2 Å². The van der Waals surface area contributed by atoms with Crippen LogP contribution in [0.1, 0.15) is 21.2 Å². The zero-order valence-corrected chi connectivity index (χ0v) is 15.3. The van der Waals surface area contributed by atoms with E-state index in [1.807, 2.05) is 12.3 Å². The van der Waals surface area contributed by atoms with Crippen molar-refractivity contribution in [3.63, 3.8) is 0 Å². The molecular formula is C16H18N4O3S2. The Bertz CT molecular complexity index is 897. The highest BCUT2D eigenvalue weighted by Gasteiger charge is 2.52. The Morgan fingerprint density at radius 3 is 2.80 bits per heavy atom. The van der Waals surface area contributed by atoms with Crippen LogP contribution in [0.4, 0.5) is 0 Å². The van der Waals surface area contributed by atoms with E-state index in [9.17, 15) is 13.2 Å². The Hall–Kier alpha value is -1.84. The lowest BCUT2D eigenvalue weighted by atomic mass is 10.1. The highest BCUT2D eigenvalue weighted by atomic mass is 32.2. The third kappa shape index (κ3) is 2.96. The monoisotopic (exact) mass is 378 g/mol. The Kier molecular flexibility index (Phi) is 4.09. The largest absolute Gasteiger partial charge is 0.336 e. The van der Waals surface area contributed by atoms with E-state index in [0.29, 0.717) is 25.3 Å². The molecular weight excluding hydrogens is 360 g/mol. The van der Waals surface area contributed by atoms with Crippen LogP contribution in [0.2, 0.25) is 0 Å². The van der Waals surface area contributed by atoms with Gasteiger partial charge in [-0.1, -0.05) is 6.07 Å². The molecule has 0 saturated carbocycles. The van der Waals surface area contributed by atoms with Crippen molar-refractivity contribution in [3.8, 4) is 0 Å². The zero-order valence-electron chi connectivity index (χ0n) is 13.7. The molecule has 1 amide bonds. The lowest BCUT2D eigenvalue weighted by Gasteiger charge is -2.20. The lowest BCUT2D eigenvalue weighted by molar-refractivity contribution is 0.0779. The van der Waals surface area contributed by atoms with Gasteiger partial charge in [0.2, 0.25) is 10.0 Å². The highest BCUT2D eigenvalue weighted by molar-refractivity contribution is 7.90. The molecule has 0 aromatic carbocycles. The Balaban J connectivity index is 1.48. The molecule has 2 fully saturated rings. The minimum absolute atomic E-state index is 0.0580. The van der Waals surface area contributed by atoms with E-state index in [0.717, 1.165) is 10.7 Å². The normalized spacial score (nSPS) is 25.2. The SMILES string of the molecule is Cc1nc(CN2C[C@@H]3CN(C(=O)c4ccccn4)C[C@H]3S2(=O)=O)cs1. The van der Waals surface area contributed by atoms with Gasteiger partial charge < -0.3 is 4.90 Å². The van der Waals surface area contributed by atoms with Gasteiger partial charge in [0.05, 0.1) is 22.5 Å². The second-order valence-electron chi connectivity index (χ2n) is 6.42. The molecule has 0 aliphatic carbocycles. The second kappa shape index (κ2) is 6.15. The third-order valence-electron chi connectivity index (χ3n) is 4.74. The van der Waals surface area contributed by atoms with Crippen LogP contribution in [0.5, 0.6) is 0 Å². The number of carbonyl (C=O) groups excluding carboxylic acids is 1. The van der Waals surface area contributed by atoms with Crippen molar-refractivity contribution in [1.82, 2.24) is 19.2 Å². The summed E-state index contributed by atoms with van der Waals surface area (Å²) in [5, 5.41) is 2.30. The maximum absolute atomic E-state index is 12.8. The van der Waals surface area contributed by atoms with Crippen LogP contribution >= 0.6 is 11.3 Å². The minimum atomic E-state index is -3.42. The predicted octanol–water partition coefficient (Wildman–Crippen LogP) is 1.13. The number of amides is 1. The van der Waals surface area contributed by atoms with Gasteiger partial charge in [-0.2, -0.15) is 4.31 Å². The summed E-state index contributed by atoms with van der Waals surface area (Å²) >= 11 is 1.52. The molecule has 4 heterocycles. The van der Waals surface area contributed by atoms with Gasteiger partial charge >= 0.3 is 0 Å². The molecule has 132 valence electrons. The maximum Gasteiger partial charge on any atom is 0.272 e. The van der Waals surface area contributed by atoms with Crippen LogP contribution in [-0.4, -0.2) is 58.4 Å². The first kappa shape index (κ1) is 16.6. The molecule has 2 atom stereocenters. The van der Waals surface area contributed by atoms with Crippen molar-refractivity contribution in [1.29, 1.82) is 0 Å². The number of likely N-dealkylation sites (tertiary alicyclic amines) is 1. The number of sulfonamides is 1. The van der Waals surface area contributed by atoms with E-state index in [2.05, 4.69) is 9.97 Å². The van der Waals surface area contributed by atoms with E-state index >= 15 is 0 Å². The van der Waals surface area contributed by atoms with E-state index in [1.165, 1.54) is 15.6 Å². The summed E-state index contributed by atoms with van der Waals surface area (Å²) in [6.45, 7) is 3.34. The van der Waals surface area contributed by atoms with Gasteiger partial charge in [-0.05, 0) is 19.1 Å². The maximum atomic E-state index is 12.8. The Morgan fingerprint density at radius 1 is 1.32 bits per heavy atom. The number of thiazole rings is 1. The fourth-order valence-electron chi connectivity index (χ4n) is 3.54. The summed E-state index contributed by atoms with van der Waals surface area (Å²) in [7, 11) is -3.42. The molecule has 0 radical (unpaired) electrons. The van der Waals surface area contributed by atoms with E-state index < -0.39 is 15.3 Å². The van der Waals surface area contributed by atoms with E-state index in [-0.39, 0.29) is 18.4 Å². The number of rotatable bonds is 3. The summed E-state index contributed by atoms with van der Waals surface area (Å²) in [5.74, 6) is -0.260. The number of carbonyl (C=O) groups is 1. The number of fused-ring (bicyclic) bond motifs is 1. The summed E-state index contributed by atoms with van der Waals surface area (Å²) in [4.78, 5) is 22.5. The van der Waals surface area contributed by atoms with Crippen LogP contribution in [-0.2, 0) is 16.6 Å². The van der Waals surface area contributed by atoms with Gasteiger partial charge in [-0.15, -0.1) is 11.3 Å². The highest BCUT2D eigenvalue weighted by Crippen LogP contribution is 2.35. The van der Waals surface area contributed by atoms with Crippen molar-refractivity contribution in [3.05, 3.63) is 46.2 Å². The molecule has 2 aromatic rings. The van der Waals surface area contributed by atoms with E-state index in [1.54, 1.807) is 29.3 Å². The molecule has 0 N–H and O–H groups in total. The topological polar surface area (TPSA) is 83.5 Å². The summed E-state index contributed by atoms with van der Waals surface area (Å²) in [6, 6.07) is 5.16. The minimum Gasteiger partial charge on any atom is -0.336 e. The molecule has 4 rings (SSSR count). The first-order valence-electron chi connectivity index (χ1n) is 8.05. The smallest absolute Gasteiger partial charge is 0.272 e. The number of nitrogens with zero attached hydrogens (tertiary/aromatic N) is 4. The van der Waals surface area contributed by atoms with Gasteiger partial charge in [0, 0.05) is 37.1 Å². The zero-order chi connectivity index (χ0) is 17.6.